The summed E-state index contributed by atoms with van der Waals surface area (Å²) >= 11 is 0. The normalized spacial score (nSPS) is 15.2. The van der Waals surface area contributed by atoms with Gasteiger partial charge in [-0.1, -0.05) is 0 Å². The molecule has 27 heavy (non-hydrogen) atoms. The van der Waals surface area contributed by atoms with E-state index in [1.165, 1.54) is 0 Å². The second kappa shape index (κ2) is 7.80. The molecule has 4 heterocycles. The van der Waals surface area contributed by atoms with Gasteiger partial charge < -0.3 is 9.64 Å². The first-order chi connectivity index (χ1) is 13.2. The molecule has 1 aliphatic rings. The van der Waals surface area contributed by atoms with Crippen molar-refractivity contribution in [3.63, 3.8) is 0 Å². The van der Waals surface area contributed by atoms with E-state index >= 15 is 0 Å². The van der Waals surface area contributed by atoms with Gasteiger partial charge in [-0.05, 0) is 48.7 Å². The molecule has 0 unspecified atom stereocenters. The van der Waals surface area contributed by atoms with Gasteiger partial charge >= 0.3 is 0 Å². The highest BCUT2D eigenvalue weighted by Gasteiger charge is 2.24. The summed E-state index contributed by atoms with van der Waals surface area (Å²) in [6.45, 7) is 1.66. The minimum absolute atomic E-state index is 0.0627. The summed E-state index contributed by atoms with van der Waals surface area (Å²) in [5.41, 5.74) is 3.98. The number of nitrogens with zero attached hydrogens (tertiary/aromatic N) is 4. The number of methoxy groups -OCH3 is 1. The van der Waals surface area contributed by atoms with Crippen LogP contribution in [0.4, 0.5) is 0 Å². The molecule has 0 saturated carbocycles. The van der Waals surface area contributed by atoms with Crippen molar-refractivity contribution in [3.8, 4) is 11.1 Å². The Balaban J connectivity index is 1.50. The minimum atomic E-state index is 0.0627. The molecule has 0 atom stereocenters. The summed E-state index contributed by atoms with van der Waals surface area (Å²) in [5.74, 6) is 0.426. The lowest BCUT2D eigenvalue weighted by molar-refractivity contribution is -0.136. The molecule has 0 spiro atoms. The van der Waals surface area contributed by atoms with Crippen LogP contribution < -0.4 is 0 Å². The van der Waals surface area contributed by atoms with Gasteiger partial charge in [0.25, 0.3) is 0 Å². The SMILES string of the molecule is COCC(=O)N1CCC(c2ccc3cc(-c4ccncc4)cnc3n2)CC1. The summed E-state index contributed by atoms with van der Waals surface area (Å²) in [6.07, 6.45) is 7.27. The molecule has 1 saturated heterocycles. The fourth-order valence-electron chi connectivity index (χ4n) is 3.59. The van der Waals surface area contributed by atoms with Crippen LogP contribution >= 0.6 is 0 Å². The van der Waals surface area contributed by atoms with Gasteiger partial charge in [-0.15, -0.1) is 0 Å². The van der Waals surface area contributed by atoms with E-state index in [4.69, 9.17) is 9.72 Å². The summed E-state index contributed by atoms with van der Waals surface area (Å²) in [5, 5.41) is 1.03. The number of fused-ring (bicyclic) bond motifs is 1. The standard InChI is InChI=1S/C21H22N4O2/c1-27-14-20(26)25-10-6-16(7-11-25)19-3-2-17-12-18(13-23-21(17)24-19)15-4-8-22-9-5-15/h2-5,8-9,12-13,16H,6-7,10-11,14H2,1H3. The Bertz CT molecular complexity index is 937. The summed E-state index contributed by atoms with van der Waals surface area (Å²) < 4.78 is 4.94. The van der Waals surface area contributed by atoms with Crippen LogP contribution in [0.3, 0.4) is 0 Å². The molecule has 6 nitrogen and oxygen atoms in total. The first-order valence-electron chi connectivity index (χ1n) is 9.18. The molecule has 0 aliphatic carbocycles. The third kappa shape index (κ3) is 3.80. The number of amides is 1. The second-order valence-electron chi connectivity index (χ2n) is 6.83. The average molecular weight is 362 g/mol. The van der Waals surface area contributed by atoms with Crippen LogP contribution in [0.25, 0.3) is 22.2 Å². The second-order valence-corrected chi connectivity index (χ2v) is 6.83. The van der Waals surface area contributed by atoms with Crippen LogP contribution in [-0.2, 0) is 9.53 Å². The fraction of sp³-hybridized carbons (Fsp3) is 0.333. The van der Waals surface area contributed by atoms with Gasteiger partial charge in [-0.2, -0.15) is 0 Å². The summed E-state index contributed by atoms with van der Waals surface area (Å²) in [7, 11) is 1.55. The van der Waals surface area contributed by atoms with Crippen molar-refractivity contribution in [1.29, 1.82) is 0 Å². The predicted molar refractivity (Wildman–Crippen MR) is 103 cm³/mol. The van der Waals surface area contributed by atoms with Gasteiger partial charge in [-0.3, -0.25) is 9.78 Å². The van der Waals surface area contributed by atoms with E-state index in [2.05, 4.69) is 28.2 Å². The molecule has 3 aromatic rings. The van der Waals surface area contributed by atoms with Crippen molar-refractivity contribution in [2.75, 3.05) is 26.8 Å². The van der Waals surface area contributed by atoms with Crippen LogP contribution in [0.15, 0.2) is 48.9 Å². The molecule has 0 N–H and O–H groups in total. The minimum Gasteiger partial charge on any atom is -0.375 e. The van der Waals surface area contributed by atoms with Crippen molar-refractivity contribution >= 4 is 16.9 Å². The predicted octanol–water partition coefficient (Wildman–Crippen LogP) is 3.04. The van der Waals surface area contributed by atoms with Gasteiger partial charge in [0.2, 0.25) is 5.91 Å². The Morgan fingerprint density at radius 3 is 2.67 bits per heavy atom. The van der Waals surface area contributed by atoms with Crippen LogP contribution in [0, 0.1) is 0 Å². The molecule has 0 bridgehead atoms. The van der Waals surface area contributed by atoms with Crippen molar-refractivity contribution in [1.82, 2.24) is 19.9 Å². The van der Waals surface area contributed by atoms with Gasteiger partial charge in [0.05, 0.1) is 0 Å². The van der Waals surface area contributed by atoms with Crippen molar-refractivity contribution < 1.29 is 9.53 Å². The van der Waals surface area contributed by atoms with Gasteiger partial charge in [0, 0.05) is 61.4 Å². The maximum Gasteiger partial charge on any atom is 0.248 e. The lowest BCUT2D eigenvalue weighted by Crippen LogP contribution is -2.39. The molecular formula is C21H22N4O2. The number of piperidine rings is 1. The Kier molecular flexibility index (Phi) is 5.07. The zero-order chi connectivity index (χ0) is 18.6. The molecule has 1 fully saturated rings. The van der Waals surface area contributed by atoms with Gasteiger partial charge in [0.1, 0.15) is 6.61 Å². The quantitative estimate of drug-likeness (QED) is 0.714. The number of hydrogen-bond donors (Lipinski definition) is 0. The van der Waals surface area contributed by atoms with Crippen molar-refractivity contribution in [3.05, 3.63) is 54.6 Å². The highest BCUT2D eigenvalue weighted by Crippen LogP contribution is 2.29. The Morgan fingerprint density at radius 1 is 1.15 bits per heavy atom. The van der Waals surface area contributed by atoms with Crippen LogP contribution in [-0.4, -0.2) is 52.6 Å². The first kappa shape index (κ1) is 17.5. The molecule has 3 aromatic heterocycles. The molecule has 0 radical (unpaired) electrons. The maximum absolute atomic E-state index is 11.9. The van der Waals surface area contributed by atoms with Gasteiger partial charge in [0.15, 0.2) is 5.65 Å². The zero-order valence-electron chi connectivity index (χ0n) is 15.3. The smallest absolute Gasteiger partial charge is 0.248 e. The Morgan fingerprint density at radius 2 is 1.93 bits per heavy atom. The van der Waals surface area contributed by atoms with Crippen LogP contribution in [0.5, 0.6) is 0 Å². The van der Waals surface area contributed by atoms with Crippen molar-refractivity contribution in [2.24, 2.45) is 0 Å². The summed E-state index contributed by atoms with van der Waals surface area (Å²) in [4.78, 5) is 27.2. The van der Waals surface area contributed by atoms with Crippen molar-refractivity contribution in [2.45, 2.75) is 18.8 Å². The number of carbonyl (C=O) groups excluding carboxylic acids is 1. The van der Waals surface area contributed by atoms with E-state index in [0.717, 1.165) is 53.8 Å². The van der Waals surface area contributed by atoms with E-state index in [9.17, 15) is 4.79 Å². The van der Waals surface area contributed by atoms with E-state index < -0.39 is 0 Å². The lowest BCUT2D eigenvalue weighted by Gasteiger charge is -2.31. The number of rotatable bonds is 4. The lowest BCUT2D eigenvalue weighted by atomic mass is 9.92. The molecule has 0 aromatic carbocycles. The Labute approximate surface area is 158 Å². The van der Waals surface area contributed by atoms with Crippen LogP contribution in [0.1, 0.15) is 24.5 Å². The molecule has 6 heteroatoms. The van der Waals surface area contributed by atoms with Gasteiger partial charge in [-0.25, -0.2) is 9.97 Å². The monoisotopic (exact) mass is 362 g/mol. The average Bonchev–Trinajstić information content (AvgIpc) is 2.74. The summed E-state index contributed by atoms with van der Waals surface area (Å²) in [6, 6.07) is 10.3. The topological polar surface area (TPSA) is 68.2 Å². The number of aromatic nitrogens is 3. The number of hydrogen-bond acceptors (Lipinski definition) is 5. The Hall–Kier alpha value is -2.86. The molecule has 1 aliphatic heterocycles. The maximum atomic E-state index is 11.9. The fourth-order valence-corrected chi connectivity index (χ4v) is 3.59. The third-order valence-corrected chi connectivity index (χ3v) is 5.11. The van der Waals surface area contributed by atoms with E-state index in [0.29, 0.717) is 5.92 Å². The third-order valence-electron chi connectivity index (χ3n) is 5.11. The number of pyridine rings is 3. The van der Waals surface area contributed by atoms with E-state index in [1.807, 2.05) is 23.2 Å². The highest BCUT2D eigenvalue weighted by molar-refractivity contribution is 5.81. The number of carbonyl (C=O) groups is 1. The molecular weight excluding hydrogens is 340 g/mol. The zero-order valence-corrected chi connectivity index (χ0v) is 15.3. The largest absolute Gasteiger partial charge is 0.375 e. The van der Waals surface area contributed by atoms with E-state index in [-0.39, 0.29) is 12.5 Å². The number of ether oxygens (including phenoxy) is 1. The van der Waals surface area contributed by atoms with E-state index in [1.54, 1.807) is 19.5 Å². The van der Waals surface area contributed by atoms with Crippen LogP contribution in [0.2, 0.25) is 0 Å². The first-order valence-corrected chi connectivity index (χ1v) is 9.18. The molecule has 1 amide bonds. The highest BCUT2D eigenvalue weighted by atomic mass is 16.5. The molecule has 4 rings (SSSR count). The number of likely N-dealkylation sites (tertiary alicyclic amines) is 1. The molecule has 138 valence electrons.